The standard InChI is InChI=1S/C25H49NO3/c1-4-7-9-11-12-15-19-24(6-3)25(28)29-22-18-14-13-17-21-26(23-27)20-16-10-8-5-2/h23-24H,4-22H2,1-3H3. The molecule has 1 atom stereocenters. The molecule has 0 aromatic rings. The van der Waals surface area contributed by atoms with Crippen LogP contribution in [0.2, 0.25) is 0 Å². The number of carbonyl (C=O) groups excluding carboxylic acids is 2. The summed E-state index contributed by atoms with van der Waals surface area (Å²) >= 11 is 0. The molecule has 0 bridgehead atoms. The first kappa shape index (κ1) is 27.9. The zero-order valence-electron chi connectivity index (χ0n) is 19.8. The molecule has 29 heavy (non-hydrogen) atoms. The maximum absolute atomic E-state index is 12.2. The maximum Gasteiger partial charge on any atom is 0.308 e. The van der Waals surface area contributed by atoms with E-state index in [9.17, 15) is 9.59 Å². The third-order valence-electron chi connectivity index (χ3n) is 5.76. The van der Waals surface area contributed by atoms with E-state index in [1.807, 2.05) is 4.90 Å². The van der Waals surface area contributed by atoms with Gasteiger partial charge in [-0.05, 0) is 38.5 Å². The van der Waals surface area contributed by atoms with Crippen LogP contribution in [0.1, 0.15) is 124 Å². The van der Waals surface area contributed by atoms with E-state index in [4.69, 9.17) is 4.74 Å². The smallest absolute Gasteiger partial charge is 0.308 e. The fourth-order valence-corrected chi connectivity index (χ4v) is 3.68. The molecule has 0 aliphatic carbocycles. The van der Waals surface area contributed by atoms with Crippen LogP contribution < -0.4 is 0 Å². The van der Waals surface area contributed by atoms with E-state index >= 15 is 0 Å². The molecule has 0 fully saturated rings. The third-order valence-corrected chi connectivity index (χ3v) is 5.76. The van der Waals surface area contributed by atoms with Crippen LogP contribution in [0.25, 0.3) is 0 Å². The van der Waals surface area contributed by atoms with Crippen LogP contribution in [-0.4, -0.2) is 37.0 Å². The van der Waals surface area contributed by atoms with Gasteiger partial charge in [0.2, 0.25) is 6.41 Å². The van der Waals surface area contributed by atoms with E-state index in [2.05, 4.69) is 20.8 Å². The molecule has 0 aliphatic heterocycles. The third kappa shape index (κ3) is 17.5. The lowest BCUT2D eigenvalue weighted by atomic mass is 9.98. The van der Waals surface area contributed by atoms with Gasteiger partial charge in [0, 0.05) is 13.1 Å². The molecule has 0 saturated heterocycles. The minimum atomic E-state index is 0.000248. The topological polar surface area (TPSA) is 46.6 Å². The summed E-state index contributed by atoms with van der Waals surface area (Å²) in [5.41, 5.74) is 0. The van der Waals surface area contributed by atoms with Crippen LogP contribution in [0.3, 0.4) is 0 Å². The van der Waals surface area contributed by atoms with Crippen LogP contribution in [0.5, 0.6) is 0 Å². The molecule has 0 aliphatic rings. The van der Waals surface area contributed by atoms with Gasteiger partial charge in [0.25, 0.3) is 0 Å². The second-order valence-electron chi connectivity index (χ2n) is 8.45. The SMILES string of the molecule is CCCCCCCCC(CC)C(=O)OCCCCCCN(C=O)CCCCCC. The Morgan fingerprint density at radius 2 is 1.28 bits per heavy atom. The van der Waals surface area contributed by atoms with Crippen molar-refractivity contribution in [2.24, 2.45) is 5.92 Å². The van der Waals surface area contributed by atoms with E-state index in [-0.39, 0.29) is 11.9 Å². The quantitative estimate of drug-likeness (QED) is 0.110. The van der Waals surface area contributed by atoms with Crippen LogP contribution in [0, 0.1) is 5.92 Å². The molecule has 0 N–H and O–H groups in total. The monoisotopic (exact) mass is 411 g/mol. The Bertz CT molecular complexity index is 373. The predicted octanol–water partition coefficient (Wildman–Crippen LogP) is 6.91. The van der Waals surface area contributed by atoms with Crippen molar-refractivity contribution in [3.05, 3.63) is 0 Å². The fraction of sp³-hybridized carbons (Fsp3) is 0.920. The van der Waals surface area contributed by atoms with Gasteiger partial charge in [-0.1, -0.05) is 85.0 Å². The van der Waals surface area contributed by atoms with Crippen molar-refractivity contribution < 1.29 is 14.3 Å². The summed E-state index contributed by atoms with van der Waals surface area (Å²) in [7, 11) is 0. The molecule has 172 valence electrons. The summed E-state index contributed by atoms with van der Waals surface area (Å²) in [4.78, 5) is 25.3. The van der Waals surface area contributed by atoms with E-state index in [0.29, 0.717) is 6.61 Å². The Hall–Kier alpha value is -1.06. The average Bonchev–Trinajstić information content (AvgIpc) is 2.73. The lowest BCUT2D eigenvalue weighted by molar-refractivity contribution is -0.149. The highest BCUT2D eigenvalue weighted by Crippen LogP contribution is 2.17. The highest BCUT2D eigenvalue weighted by molar-refractivity contribution is 5.72. The zero-order chi connectivity index (χ0) is 21.6. The highest BCUT2D eigenvalue weighted by atomic mass is 16.5. The minimum absolute atomic E-state index is 0.000248. The molecule has 0 saturated carbocycles. The first-order valence-electron chi connectivity index (χ1n) is 12.5. The van der Waals surface area contributed by atoms with Crippen molar-refractivity contribution in [2.75, 3.05) is 19.7 Å². The van der Waals surface area contributed by atoms with Gasteiger partial charge in [0.05, 0.1) is 12.5 Å². The molecule has 0 radical (unpaired) electrons. The Morgan fingerprint density at radius 1 is 0.759 bits per heavy atom. The molecule has 0 spiro atoms. The zero-order valence-corrected chi connectivity index (χ0v) is 19.8. The summed E-state index contributed by atoms with van der Waals surface area (Å²) in [6.45, 7) is 8.80. The van der Waals surface area contributed by atoms with Gasteiger partial charge in [-0.25, -0.2) is 0 Å². The largest absolute Gasteiger partial charge is 0.465 e. The minimum Gasteiger partial charge on any atom is -0.465 e. The number of rotatable bonds is 22. The average molecular weight is 412 g/mol. The number of esters is 1. The van der Waals surface area contributed by atoms with Crippen LogP contribution in [0.4, 0.5) is 0 Å². The van der Waals surface area contributed by atoms with Gasteiger partial charge in [0.15, 0.2) is 0 Å². The van der Waals surface area contributed by atoms with Crippen molar-refractivity contribution in [1.29, 1.82) is 0 Å². The van der Waals surface area contributed by atoms with Crippen molar-refractivity contribution in [3.8, 4) is 0 Å². The molecule has 0 aromatic heterocycles. The molecular formula is C25H49NO3. The van der Waals surface area contributed by atoms with Crippen molar-refractivity contribution in [1.82, 2.24) is 4.90 Å². The molecule has 1 amide bonds. The van der Waals surface area contributed by atoms with Gasteiger partial charge < -0.3 is 9.64 Å². The first-order valence-corrected chi connectivity index (χ1v) is 12.5. The number of unbranched alkanes of at least 4 members (excludes halogenated alkanes) is 11. The molecule has 1 unspecified atom stereocenters. The van der Waals surface area contributed by atoms with Crippen LogP contribution in [0.15, 0.2) is 0 Å². The van der Waals surface area contributed by atoms with Crippen LogP contribution >= 0.6 is 0 Å². The highest BCUT2D eigenvalue weighted by Gasteiger charge is 2.17. The van der Waals surface area contributed by atoms with E-state index < -0.39 is 0 Å². The van der Waals surface area contributed by atoms with Crippen molar-refractivity contribution >= 4 is 12.4 Å². The van der Waals surface area contributed by atoms with Gasteiger partial charge >= 0.3 is 5.97 Å². The van der Waals surface area contributed by atoms with Gasteiger partial charge in [-0.3, -0.25) is 9.59 Å². The summed E-state index contributed by atoms with van der Waals surface area (Å²) < 4.78 is 5.51. The summed E-state index contributed by atoms with van der Waals surface area (Å²) in [6.07, 6.45) is 19.4. The molecule has 0 rings (SSSR count). The van der Waals surface area contributed by atoms with Crippen LogP contribution in [-0.2, 0) is 14.3 Å². The number of nitrogens with zero attached hydrogens (tertiary/aromatic N) is 1. The normalized spacial score (nSPS) is 12.0. The molecule has 4 nitrogen and oxygen atoms in total. The lowest BCUT2D eigenvalue weighted by Gasteiger charge is -2.17. The molecular weight excluding hydrogens is 362 g/mol. The second-order valence-corrected chi connectivity index (χ2v) is 8.45. The van der Waals surface area contributed by atoms with Crippen molar-refractivity contribution in [3.63, 3.8) is 0 Å². The Balaban J connectivity index is 3.65. The first-order chi connectivity index (χ1) is 14.2. The molecule has 4 heteroatoms. The number of amides is 1. The maximum atomic E-state index is 12.2. The Labute approximate surface area is 181 Å². The Morgan fingerprint density at radius 3 is 1.86 bits per heavy atom. The van der Waals surface area contributed by atoms with E-state index in [1.165, 1.54) is 51.4 Å². The summed E-state index contributed by atoms with van der Waals surface area (Å²) in [5, 5.41) is 0. The number of hydrogen-bond donors (Lipinski definition) is 0. The van der Waals surface area contributed by atoms with Gasteiger partial charge in [-0.15, -0.1) is 0 Å². The van der Waals surface area contributed by atoms with E-state index in [0.717, 1.165) is 70.9 Å². The molecule has 0 heterocycles. The second kappa shape index (κ2) is 21.6. The fourth-order valence-electron chi connectivity index (χ4n) is 3.68. The Kier molecular flexibility index (Phi) is 20.9. The summed E-state index contributed by atoms with van der Waals surface area (Å²) in [5.74, 6) is 0.0790. The van der Waals surface area contributed by atoms with E-state index in [1.54, 1.807) is 0 Å². The van der Waals surface area contributed by atoms with Crippen molar-refractivity contribution in [2.45, 2.75) is 124 Å². The lowest BCUT2D eigenvalue weighted by Crippen LogP contribution is -2.24. The number of hydrogen-bond acceptors (Lipinski definition) is 3. The predicted molar refractivity (Wildman–Crippen MR) is 123 cm³/mol. The molecule has 0 aromatic carbocycles. The number of carbonyl (C=O) groups is 2. The summed E-state index contributed by atoms with van der Waals surface area (Å²) in [6, 6.07) is 0. The van der Waals surface area contributed by atoms with Gasteiger partial charge in [0.1, 0.15) is 0 Å². The van der Waals surface area contributed by atoms with Gasteiger partial charge in [-0.2, -0.15) is 0 Å². The number of ether oxygens (including phenoxy) is 1.